The van der Waals surface area contributed by atoms with Crippen molar-refractivity contribution in [1.29, 1.82) is 0 Å². The zero-order valence-corrected chi connectivity index (χ0v) is 15.8. The number of rotatable bonds is 4. The molecule has 1 aliphatic rings. The SMILES string of the molecule is CC(C)N(C)c1cccc(NC(=O)C2(N)CCCCC2)c1.Cl.Cl. The normalized spacial score (nSPS) is 16.0. The monoisotopic (exact) mass is 361 g/mol. The molecule has 3 N–H and O–H groups in total. The number of benzene rings is 1. The molecule has 0 aliphatic heterocycles. The van der Waals surface area contributed by atoms with Crippen molar-refractivity contribution in [2.45, 2.75) is 57.5 Å². The molecule has 132 valence electrons. The van der Waals surface area contributed by atoms with Crippen LogP contribution >= 0.6 is 24.8 Å². The largest absolute Gasteiger partial charge is 0.372 e. The second-order valence-electron chi connectivity index (χ2n) is 6.43. The van der Waals surface area contributed by atoms with Crippen LogP contribution in [0, 0.1) is 0 Å². The summed E-state index contributed by atoms with van der Waals surface area (Å²) in [5.74, 6) is -0.0495. The van der Waals surface area contributed by atoms with E-state index in [1.807, 2.05) is 18.2 Å². The van der Waals surface area contributed by atoms with Crippen LogP contribution in [-0.4, -0.2) is 24.5 Å². The predicted molar refractivity (Wildman–Crippen MR) is 103 cm³/mol. The number of nitrogens with zero attached hydrogens (tertiary/aromatic N) is 1. The molecular formula is C17H29Cl2N3O. The Kier molecular flexibility index (Phi) is 8.96. The molecular weight excluding hydrogens is 333 g/mol. The maximum Gasteiger partial charge on any atom is 0.244 e. The fourth-order valence-electron chi connectivity index (χ4n) is 2.77. The van der Waals surface area contributed by atoms with E-state index in [0.29, 0.717) is 6.04 Å². The van der Waals surface area contributed by atoms with Crippen LogP contribution in [0.25, 0.3) is 0 Å². The number of carbonyl (C=O) groups excluding carboxylic acids is 1. The van der Waals surface area contributed by atoms with Gasteiger partial charge in [0.05, 0.1) is 5.54 Å². The van der Waals surface area contributed by atoms with Crippen LogP contribution < -0.4 is 16.0 Å². The van der Waals surface area contributed by atoms with Crippen molar-refractivity contribution in [3.8, 4) is 0 Å². The van der Waals surface area contributed by atoms with E-state index in [4.69, 9.17) is 5.73 Å². The number of nitrogens with one attached hydrogen (secondary N) is 1. The molecule has 0 aromatic heterocycles. The molecule has 1 saturated carbocycles. The zero-order chi connectivity index (χ0) is 15.5. The lowest BCUT2D eigenvalue weighted by atomic mass is 9.82. The van der Waals surface area contributed by atoms with Gasteiger partial charge in [-0.05, 0) is 44.9 Å². The lowest BCUT2D eigenvalue weighted by Crippen LogP contribution is -2.52. The first-order chi connectivity index (χ1) is 9.92. The standard InChI is InChI=1S/C17H27N3O.2ClH/c1-13(2)20(3)15-9-7-8-14(12-15)19-16(21)17(18)10-5-4-6-11-17;;/h7-9,12-13H,4-6,10-11,18H2,1-3H3,(H,19,21);2*1H. The molecule has 1 fully saturated rings. The highest BCUT2D eigenvalue weighted by molar-refractivity contribution is 5.98. The molecule has 1 aromatic rings. The fraction of sp³-hybridized carbons (Fsp3) is 0.588. The van der Waals surface area contributed by atoms with Gasteiger partial charge in [0.25, 0.3) is 0 Å². The van der Waals surface area contributed by atoms with Crippen molar-refractivity contribution in [1.82, 2.24) is 0 Å². The third-order valence-electron chi connectivity index (χ3n) is 4.48. The number of halogens is 2. The average Bonchev–Trinajstić information content (AvgIpc) is 2.47. The summed E-state index contributed by atoms with van der Waals surface area (Å²) in [5.41, 5.74) is 7.49. The van der Waals surface area contributed by atoms with E-state index >= 15 is 0 Å². The molecule has 0 atom stereocenters. The van der Waals surface area contributed by atoms with E-state index in [-0.39, 0.29) is 30.7 Å². The molecule has 2 rings (SSSR count). The quantitative estimate of drug-likeness (QED) is 0.852. The van der Waals surface area contributed by atoms with E-state index in [1.54, 1.807) is 0 Å². The third-order valence-corrected chi connectivity index (χ3v) is 4.48. The van der Waals surface area contributed by atoms with Gasteiger partial charge in [-0.25, -0.2) is 0 Å². The van der Waals surface area contributed by atoms with Crippen LogP contribution in [0.5, 0.6) is 0 Å². The van der Waals surface area contributed by atoms with E-state index in [9.17, 15) is 4.79 Å². The highest BCUT2D eigenvalue weighted by Gasteiger charge is 2.35. The van der Waals surface area contributed by atoms with Gasteiger partial charge in [-0.1, -0.05) is 25.3 Å². The Morgan fingerprint density at radius 2 is 1.83 bits per heavy atom. The van der Waals surface area contributed by atoms with E-state index in [0.717, 1.165) is 37.1 Å². The Hall–Kier alpha value is -0.970. The van der Waals surface area contributed by atoms with Crippen molar-refractivity contribution in [2.75, 3.05) is 17.3 Å². The Morgan fingerprint density at radius 1 is 1.22 bits per heavy atom. The van der Waals surface area contributed by atoms with Gasteiger partial charge in [0.1, 0.15) is 0 Å². The molecule has 0 saturated heterocycles. The first-order valence-corrected chi connectivity index (χ1v) is 7.85. The summed E-state index contributed by atoms with van der Waals surface area (Å²) in [6.07, 6.45) is 4.83. The number of hydrogen-bond acceptors (Lipinski definition) is 3. The van der Waals surface area contributed by atoms with Crippen molar-refractivity contribution in [2.24, 2.45) is 5.73 Å². The molecule has 0 radical (unpaired) electrons. The molecule has 4 nitrogen and oxygen atoms in total. The van der Waals surface area contributed by atoms with Crippen molar-refractivity contribution in [3.63, 3.8) is 0 Å². The molecule has 23 heavy (non-hydrogen) atoms. The maximum absolute atomic E-state index is 12.5. The van der Waals surface area contributed by atoms with Crippen molar-refractivity contribution in [3.05, 3.63) is 24.3 Å². The highest BCUT2D eigenvalue weighted by Crippen LogP contribution is 2.28. The summed E-state index contributed by atoms with van der Waals surface area (Å²) < 4.78 is 0. The van der Waals surface area contributed by atoms with E-state index < -0.39 is 5.54 Å². The number of amides is 1. The number of carbonyl (C=O) groups is 1. The minimum Gasteiger partial charge on any atom is -0.372 e. The van der Waals surface area contributed by atoms with E-state index in [1.165, 1.54) is 6.42 Å². The minimum absolute atomic E-state index is 0. The molecule has 1 amide bonds. The van der Waals surface area contributed by atoms with Gasteiger partial charge < -0.3 is 16.0 Å². The summed E-state index contributed by atoms with van der Waals surface area (Å²) in [6, 6.07) is 8.35. The topological polar surface area (TPSA) is 58.4 Å². The van der Waals surface area contributed by atoms with Crippen LogP contribution in [0.3, 0.4) is 0 Å². The number of nitrogens with two attached hydrogens (primary N) is 1. The van der Waals surface area contributed by atoms with Crippen molar-refractivity contribution >= 4 is 42.1 Å². The average molecular weight is 362 g/mol. The Bertz CT molecular complexity index is 502. The first kappa shape index (κ1) is 22.0. The zero-order valence-electron chi connectivity index (χ0n) is 14.2. The second kappa shape index (κ2) is 9.36. The van der Waals surface area contributed by atoms with Gasteiger partial charge in [0, 0.05) is 24.5 Å². The molecule has 0 bridgehead atoms. The summed E-state index contributed by atoms with van der Waals surface area (Å²) in [7, 11) is 2.05. The van der Waals surface area contributed by atoms with Gasteiger partial charge in [-0.3, -0.25) is 4.79 Å². The highest BCUT2D eigenvalue weighted by atomic mass is 35.5. The lowest BCUT2D eigenvalue weighted by molar-refractivity contribution is -0.122. The lowest BCUT2D eigenvalue weighted by Gasteiger charge is -2.32. The predicted octanol–water partition coefficient (Wildman–Crippen LogP) is 3.97. The van der Waals surface area contributed by atoms with Crippen LogP contribution in [0.4, 0.5) is 11.4 Å². The first-order valence-electron chi connectivity index (χ1n) is 7.85. The Labute approximate surface area is 152 Å². The molecule has 1 aliphatic carbocycles. The van der Waals surface area contributed by atoms with Gasteiger partial charge in [-0.15, -0.1) is 24.8 Å². The molecule has 1 aromatic carbocycles. The molecule has 0 unspecified atom stereocenters. The van der Waals surface area contributed by atoms with Crippen molar-refractivity contribution < 1.29 is 4.79 Å². The van der Waals surface area contributed by atoms with Crippen LogP contribution in [-0.2, 0) is 4.79 Å². The molecule has 0 heterocycles. The molecule has 6 heteroatoms. The summed E-state index contributed by atoms with van der Waals surface area (Å²) >= 11 is 0. The smallest absolute Gasteiger partial charge is 0.244 e. The summed E-state index contributed by atoms with van der Waals surface area (Å²) in [5, 5.41) is 3.00. The fourth-order valence-corrected chi connectivity index (χ4v) is 2.77. The summed E-state index contributed by atoms with van der Waals surface area (Å²) in [4.78, 5) is 14.6. The molecule has 0 spiro atoms. The second-order valence-corrected chi connectivity index (χ2v) is 6.43. The summed E-state index contributed by atoms with van der Waals surface area (Å²) in [6.45, 7) is 4.28. The van der Waals surface area contributed by atoms with Gasteiger partial charge in [0.15, 0.2) is 0 Å². The Morgan fingerprint density at radius 3 is 2.39 bits per heavy atom. The van der Waals surface area contributed by atoms with Gasteiger partial charge in [0.2, 0.25) is 5.91 Å². The third kappa shape index (κ3) is 5.55. The number of anilines is 2. The van der Waals surface area contributed by atoms with Gasteiger partial charge >= 0.3 is 0 Å². The van der Waals surface area contributed by atoms with Crippen LogP contribution in [0.15, 0.2) is 24.3 Å². The minimum atomic E-state index is -0.696. The van der Waals surface area contributed by atoms with Crippen LogP contribution in [0.2, 0.25) is 0 Å². The van der Waals surface area contributed by atoms with Gasteiger partial charge in [-0.2, -0.15) is 0 Å². The maximum atomic E-state index is 12.5. The van der Waals surface area contributed by atoms with Crippen LogP contribution in [0.1, 0.15) is 46.0 Å². The number of hydrogen-bond donors (Lipinski definition) is 2. The van der Waals surface area contributed by atoms with E-state index in [2.05, 4.69) is 37.2 Å². The Balaban J connectivity index is 0.00000242.